The van der Waals surface area contributed by atoms with Crippen LogP contribution in [-0.4, -0.2) is 26.2 Å². The molecular weight excluding hydrogens is 347 g/mol. The molecule has 0 spiro atoms. The van der Waals surface area contributed by atoms with Crippen molar-refractivity contribution in [3.63, 3.8) is 0 Å². The number of ether oxygens (including phenoxy) is 2. The van der Waals surface area contributed by atoms with E-state index in [9.17, 15) is 9.18 Å². The summed E-state index contributed by atoms with van der Waals surface area (Å²) in [7, 11) is 1.53. The third-order valence-corrected chi connectivity index (χ3v) is 3.46. The van der Waals surface area contributed by atoms with E-state index in [-0.39, 0.29) is 24.8 Å². The summed E-state index contributed by atoms with van der Waals surface area (Å²) in [5.74, 6) is 0.268. The Bertz CT molecular complexity index is 698. The Hall–Kier alpha value is -2.31. The van der Waals surface area contributed by atoms with Crippen molar-refractivity contribution in [3.8, 4) is 11.5 Å². The van der Waals surface area contributed by atoms with Crippen molar-refractivity contribution in [2.75, 3.05) is 20.3 Å². The Morgan fingerprint density at radius 2 is 1.96 bits per heavy atom. The molecule has 0 atom stereocenters. The van der Waals surface area contributed by atoms with Crippen LogP contribution in [0.4, 0.5) is 4.39 Å². The maximum Gasteiger partial charge on any atom is 0.255 e. The number of benzene rings is 2. The van der Waals surface area contributed by atoms with E-state index in [1.165, 1.54) is 13.2 Å². The van der Waals surface area contributed by atoms with Gasteiger partial charge in [-0.2, -0.15) is 0 Å². The number of amides is 1. The summed E-state index contributed by atoms with van der Waals surface area (Å²) in [6, 6.07) is 12.2. The average Bonchev–Trinajstić information content (AvgIpc) is 2.58. The third kappa shape index (κ3) is 6.60. The number of methoxy groups -OCH3 is 1. The van der Waals surface area contributed by atoms with Crippen LogP contribution in [0.15, 0.2) is 42.5 Å². The highest BCUT2D eigenvalue weighted by molar-refractivity contribution is 5.75. The van der Waals surface area contributed by atoms with Gasteiger partial charge >= 0.3 is 0 Å². The van der Waals surface area contributed by atoms with Gasteiger partial charge < -0.3 is 32.9 Å². The molecule has 0 saturated heterocycles. The van der Waals surface area contributed by atoms with Gasteiger partial charge in [0.1, 0.15) is 5.82 Å². The standard InChI is InChI=1S/C18H21FN2O3.ClH/c1-23-17-10-13(6-7-16(17)24-12-18(20)22)11-21-9-8-14-4-2-3-5-15(14)19;/h2-7,10,21H,8-9,11-12H2,1H3,(H2,20,22);1H/p-1. The molecule has 7 heteroatoms. The Kier molecular flexibility index (Phi) is 8.74. The van der Waals surface area contributed by atoms with Crippen molar-refractivity contribution in [1.29, 1.82) is 0 Å². The van der Waals surface area contributed by atoms with Crippen molar-refractivity contribution < 1.29 is 31.1 Å². The molecule has 0 unspecified atom stereocenters. The van der Waals surface area contributed by atoms with Gasteiger partial charge in [0.25, 0.3) is 5.91 Å². The first kappa shape index (κ1) is 20.7. The van der Waals surface area contributed by atoms with Gasteiger partial charge in [0.15, 0.2) is 18.1 Å². The lowest BCUT2D eigenvalue weighted by molar-refractivity contribution is -0.119. The highest BCUT2D eigenvalue weighted by Gasteiger charge is 2.07. The van der Waals surface area contributed by atoms with Crippen LogP contribution < -0.4 is 32.9 Å². The highest BCUT2D eigenvalue weighted by Crippen LogP contribution is 2.27. The van der Waals surface area contributed by atoms with E-state index in [1.807, 2.05) is 18.2 Å². The van der Waals surface area contributed by atoms with Crippen molar-refractivity contribution in [2.45, 2.75) is 13.0 Å². The SMILES string of the molecule is COc1cc(CNCCc2ccccc2F)ccc1OCC(N)=O.[Cl-]. The quantitative estimate of drug-likeness (QED) is 0.560. The molecule has 2 rings (SSSR count). The summed E-state index contributed by atoms with van der Waals surface area (Å²) in [5.41, 5.74) is 6.74. The van der Waals surface area contributed by atoms with E-state index in [4.69, 9.17) is 15.2 Å². The van der Waals surface area contributed by atoms with E-state index in [2.05, 4.69) is 5.32 Å². The van der Waals surface area contributed by atoms with Crippen LogP contribution in [0.1, 0.15) is 11.1 Å². The molecule has 0 aliphatic carbocycles. The van der Waals surface area contributed by atoms with Gasteiger partial charge in [0.05, 0.1) is 7.11 Å². The number of halogens is 2. The van der Waals surface area contributed by atoms with Crippen LogP contribution in [0.25, 0.3) is 0 Å². The average molecular weight is 368 g/mol. The summed E-state index contributed by atoms with van der Waals surface area (Å²) >= 11 is 0. The molecule has 0 aliphatic heterocycles. The molecule has 0 saturated carbocycles. The van der Waals surface area contributed by atoms with Gasteiger partial charge in [0, 0.05) is 6.54 Å². The topological polar surface area (TPSA) is 73.6 Å². The van der Waals surface area contributed by atoms with Gasteiger partial charge in [-0.05, 0) is 42.3 Å². The molecule has 0 radical (unpaired) electrons. The minimum atomic E-state index is -0.545. The molecule has 0 aromatic heterocycles. The monoisotopic (exact) mass is 367 g/mol. The van der Waals surface area contributed by atoms with Crippen LogP contribution in [-0.2, 0) is 17.8 Å². The number of nitrogens with two attached hydrogens (primary N) is 1. The fraction of sp³-hybridized carbons (Fsp3) is 0.278. The zero-order chi connectivity index (χ0) is 17.4. The first-order valence-electron chi connectivity index (χ1n) is 7.62. The molecule has 2 aromatic carbocycles. The molecule has 5 nitrogen and oxygen atoms in total. The number of rotatable bonds is 9. The normalized spacial score (nSPS) is 10.0. The summed E-state index contributed by atoms with van der Waals surface area (Å²) in [5, 5.41) is 3.26. The summed E-state index contributed by atoms with van der Waals surface area (Å²) < 4.78 is 24.1. The minimum Gasteiger partial charge on any atom is -1.00 e. The van der Waals surface area contributed by atoms with Crippen molar-refractivity contribution in [1.82, 2.24) is 5.32 Å². The second kappa shape index (κ2) is 10.5. The van der Waals surface area contributed by atoms with E-state index in [0.717, 1.165) is 5.56 Å². The number of carbonyl (C=O) groups excluding carboxylic acids is 1. The maximum absolute atomic E-state index is 13.5. The predicted octanol–water partition coefficient (Wildman–Crippen LogP) is -0.965. The zero-order valence-electron chi connectivity index (χ0n) is 13.9. The number of hydrogen-bond acceptors (Lipinski definition) is 4. The number of primary amides is 1. The summed E-state index contributed by atoms with van der Waals surface area (Å²) in [6.07, 6.45) is 0.615. The fourth-order valence-electron chi connectivity index (χ4n) is 2.25. The maximum atomic E-state index is 13.5. The smallest absolute Gasteiger partial charge is 0.255 e. The predicted molar refractivity (Wildman–Crippen MR) is 89.5 cm³/mol. The first-order valence-corrected chi connectivity index (χ1v) is 7.62. The number of nitrogens with one attached hydrogen (secondary N) is 1. The minimum absolute atomic E-state index is 0. The van der Waals surface area contributed by atoms with E-state index in [0.29, 0.717) is 36.6 Å². The third-order valence-electron chi connectivity index (χ3n) is 3.46. The highest BCUT2D eigenvalue weighted by atomic mass is 35.5. The van der Waals surface area contributed by atoms with Gasteiger partial charge in [-0.3, -0.25) is 4.79 Å². The van der Waals surface area contributed by atoms with Gasteiger partial charge in [-0.1, -0.05) is 24.3 Å². The fourth-order valence-corrected chi connectivity index (χ4v) is 2.25. The molecule has 0 bridgehead atoms. The van der Waals surface area contributed by atoms with Crippen molar-refractivity contribution in [3.05, 3.63) is 59.4 Å². The number of hydrogen-bond donors (Lipinski definition) is 2. The Labute approximate surface area is 152 Å². The first-order chi connectivity index (χ1) is 11.6. The van der Waals surface area contributed by atoms with Gasteiger partial charge in [-0.15, -0.1) is 0 Å². The molecule has 25 heavy (non-hydrogen) atoms. The molecule has 0 aliphatic rings. The van der Waals surface area contributed by atoms with Crippen molar-refractivity contribution >= 4 is 5.91 Å². The van der Waals surface area contributed by atoms with E-state index < -0.39 is 5.91 Å². The number of carbonyl (C=O) groups is 1. The molecule has 0 fully saturated rings. The Balaban J connectivity index is 0.00000312. The molecular formula is C18H21ClFN2O3-. The largest absolute Gasteiger partial charge is 1.00 e. The lowest BCUT2D eigenvalue weighted by atomic mass is 10.1. The molecule has 136 valence electrons. The van der Waals surface area contributed by atoms with Gasteiger partial charge in [0.2, 0.25) is 0 Å². The van der Waals surface area contributed by atoms with Crippen molar-refractivity contribution in [2.24, 2.45) is 5.73 Å². The van der Waals surface area contributed by atoms with Crippen LogP contribution >= 0.6 is 0 Å². The summed E-state index contributed by atoms with van der Waals surface area (Å²) in [4.78, 5) is 10.8. The van der Waals surface area contributed by atoms with Crippen LogP contribution in [0, 0.1) is 5.82 Å². The second-order valence-corrected chi connectivity index (χ2v) is 5.26. The van der Waals surface area contributed by atoms with Crippen LogP contribution in [0.3, 0.4) is 0 Å². The lowest BCUT2D eigenvalue weighted by Gasteiger charge is -2.12. The molecule has 2 aromatic rings. The van der Waals surface area contributed by atoms with Gasteiger partial charge in [-0.25, -0.2) is 4.39 Å². The molecule has 3 N–H and O–H groups in total. The zero-order valence-corrected chi connectivity index (χ0v) is 14.7. The second-order valence-electron chi connectivity index (χ2n) is 5.26. The van der Waals surface area contributed by atoms with E-state index in [1.54, 1.807) is 18.2 Å². The Morgan fingerprint density at radius 3 is 2.64 bits per heavy atom. The molecule has 1 amide bonds. The lowest BCUT2D eigenvalue weighted by Crippen LogP contribution is -3.00. The Morgan fingerprint density at radius 1 is 1.20 bits per heavy atom. The van der Waals surface area contributed by atoms with E-state index >= 15 is 0 Å². The summed E-state index contributed by atoms with van der Waals surface area (Å²) in [6.45, 7) is 1.07. The van der Waals surface area contributed by atoms with Crippen LogP contribution in [0.5, 0.6) is 11.5 Å². The molecule has 0 heterocycles. The van der Waals surface area contributed by atoms with Crippen LogP contribution in [0.2, 0.25) is 0 Å².